The van der Waals surface area contributed by atoms with E-state index in [0.717, 1.165) is 13.1 Å². The maximum Gasteiger partial charge on any atom is 0.0948 e. The molecule has 0 amide bonds. The molecule has 0 aliphatic carbocycles. The van der Waals surface area contributed by atoms with Crippen LogP contribution in [0.15, 0.2) is 12.5 Å². The number of hydrogen-bond acceptors (Lipinski definition) is 4. The first kappa shape index (κ1) is 12.3. The summed E-state index contributed by atoms with van der Waals surface area (Å²) in [7, 11) is 0. The molecule has 1 saturated heterocycles. The van der Waals surface area contributed by atoms with Gasteiger partial charge in [-0.2, -0.15) is 23.5 Å². The number of nitrogens with zero attached hydrogens (tertiary/aromatic N) is 2. The highest BCUT2D eigenvalue weighted by Gasteiger charge is 2.12. The molecule has 0 bridgehead atoms. The molecule has 90 valence electrons. The van der Waals surface area contributed by atoms with E-state index in [9.17, 15) is 0 Å². The fourth-order valence-electron chi connectivity index (χ4n) is 1.76. The number of aryl methyl sites for hydroxylation is 1. The SMILES string of the molecule is CCn1cncc1CNC1CSCCSC1. The molecule has 0 unspecified atom stereocenters. The number of hydrogen-bond donors (Lipinski definition) is 1. The van der Waals surface area contributed by atoms with Crippen LogP contribution in [0.3, 0.4) is 0 Å². The number of thioether (sulfide) groups is 2. The zero-order valence-corrected chi connectivity index (χ0v) is 11.3. The van der Waals surface area contributed by atoms with Crippen LogP contribution < -0.4 is 5.32 Å². The van der Waals surface area contributed by atoms with Crippen molar-refractivity contribution in [3.8, 4) is 0 Å². The predicted octanol–water partition coefficient (Wildman–Crippen LogP) is 1.84. The van der Waals surface area contributed by atoms with Gasteiger partial charge in [-0.25, -0.2) is 4.98 Å². The van der Waals surface area contributed by atoms with E-state index >= 15 is 0 Å². The smallest absolute Gasteiger partial charge is 0.0948 e. The Labute approximate surface area is 106 Å². The van der Waals surface area contributed by atoms with Crippen LogP contribution in [0.5, 0.6) is 0 Å². The quantitative estimate of drug-likeness (QED) is 0.891. The van der Waals surface area contributed by atoms with Crippen molar-refractivity contribution in [3.63, 3.8) is 0 Å². The van der Waals surface area contributed by atoms with Crippen LogP contribution in [0.4, 0.5) is 0 Å². The van der Waals surface area contributed by atoms with E-state index in [2.05, 4.69) is 45.3 Å². The maximum atomic E-state index is 4.19. The zero-order chi connectivity index (χ0) is 11.2. The fourth-order valence-corrected chi connectivity index (χ4v) is 4.23. The van der Waals surface area contributed by atoms with Gasteiger partial charge >= 0.3 is 0 Å². The van der Waals surface area contributed by atoms with E-state index in [1.165, 1.54) is 28.7 Å². The number of aromatic nitrogens is 2. The summed E-state index contributed by atoms with van der Waals surface area (Å²) >= 11 is 4.13. The summed E-state index contributed by atoms with van der Waals surface area (Å²) in [6.45, 7) is 4.10. The third kappa shape index (κ3) is 3.43. The van der Waals surface area contributed by atoms with Crippen molar-refractivity contribution in [2.24, 2.45) is 0 Å². The molecule has 1 aliphatic rings. The van der Waals surface area contributed by atoms with Gasteiger partial charge in [-0.05, 0) is 6.92 Å². The first-order valence-corrected chi connectivity index (χ1v) is 8.09. The molecular weight excluding hydrogens is 238 g/mol. The zero-order valence-electron chi connectivity index (χ0n) is 9.69. The Bertz CT molecular complexity index is 306. The van der Waals surface area contributed by atoms with Gasteiger partial charge in [0, 0.05) is 48.3 Å². The Balaban J connectivity index is 1.81. The molecule has 1 fully saturated rings. The Kier molecular flexibility index (Phi) is 5.06. The van der Waals surface area contributed by atoms with Crippen LogP contribution in [0.25, 0.3) is 0 Å². The summed E-state index contributed by atoms with van der Waals surface area (Å²) in [6, 6.07) is 0.651. The molecule has 0 spiro atoms. The van der Waals surface area contributed by atoms with Gasteiger partial charge in [0.25, 0.3) is 0 Å². The molecule has 5 heteroatoms. The molecule has 0 radical (unpaired) electrons. The minimum absolute atomic E-state index is 0.651. The van der Waals surface area contributed by atoms with Gasteiger partial charge in [-0.1, -0.05) is 0 Å². The van der Waals surface area contributed by atoms with E-state index < -0.39 is 0 Å². The first-order chi connectivity index (χ1) is 7.90. The second-order valence-corrected chi connectivity index (χ2v) is 6.20. The Morgan fingerprint density at radius 2 is 2.19 bits per heavy atom. The molecule has 2 rings (SSSR count). The second-order valence-electron chi connectivity index (χ2n) is 3.90. The van der Waals surface area contributed by atoms with Crippen molar-refractivity contribution in [1.82, 2.24) is 14.9 Å². The number of rotatable bonds is 4. The highest BCUT2D eigenvalue weighted by atomic mass is 32.2. The van der Waals surface area contributed by atoms with Crippen LogP contribution in [-0.4, -0.2) is 38.6 Å². The van der Waals surface area contributed by atoms with E-state index in [1.54, 1.807) is 0 Å². The fraction of sp³-hybridized carbons (Fsp3) is 0.727. The molecule has 16 heavy (non-hydrogen) atoms. The molecule has 2 heterocycles. The van der Waals surface area contributed by atoms with Gasteiger partial charge < -0.3 is 9.88 Å². The highest BCUT2D eigenvalue weighted by Crippen LogP contribution is 2.16. The van der Waals surface area contributed by atoms with Gasteiger partial charge in [0.05, 0.1) is 12.0 Å². The van der Waals surface area contributed by atoms with E-state index in [4.69, 9.17) is 0 Å². The molecule has 0 atom stereocenters. The van der Waals surface area contributed by atoms with Crippen molar-refractivity contribution in [2.45, 2.75) is 26.1 Å². The van der Waals surface area contributed by atoms with Crippen molar-refractivity contribution in [3.05, 3.63) is 18.2 Å². The molecule has 0 aromatic carbocycles. The topological polar surface area (TPSA) is 29.9 Å². The molecule has 3 nitrogen and oxygen atoms in total. The van der Waals surface area contributed by atoms with Crippen molar-refractivity contribution in [2.75, 3.05) is 23.0 Å². The number of imidazole rings is 1. The summed E-state index contributed by atoms with van der Waals surface area (Å²) in [5.74, 6) is 5.09. The molecule has 1 aromatic rings. The Hall–Kier alpha value is -0.130. The van der Waals surface area contributed by atoms with Crippen molar-refractivity contribution in [1.29, 1.82) is 0 Å². The lowest BCUT2D eigenvalue weighted by atomic mass is 10.3. The van der Waals surface area contributed by atoms with Gasteiger partial charge in [-0.15, -0.1) is 0 Å². The predicted molar refractivity (Wildman–Crippen MR) is 73.2 cm³/mol. The lowest BCUT2D eigenvalue weighted by molar-refractivity contribution is 0.572. The third-order valence-electron chi connectivity index (χ3n) is 2.72. The van der Waals surface area contributed by atoms with Crippen LogP contribution in [0.2, 0.25) is 0 Å². The summed E-state index contributed by atoms with van der Waals surface area (Å²) in [6.07, 6.45) is 3.88. The Morgan fingerprint density at radius 3 is 2.88 bits per heavy atom. The van der Waals surface area contributed by atoms with Gasteiger partial charge in [0.1, 0.15) is 0 Å². The van der Waals surface area contributed by atoms with Gasteiger partial charge in [0.2, 0.25) is 0 Å². The second kappa shape index (κ2) is 6.57. The molecule has 1 aliphatic heterocycles. The van der Waals surface area contributed by atoms with Crippen LogP contribution in [-0.2, 0) is 13.1 Å². The Morgan fingerprint density at radius 1 is 1.44 bits per heavy atom. The van der Waals surface area contributed by atoms with E-state index in [0.29, 0.717) is 6.04 Å². The first-order valence-electron chi connectivity index (χ1n) is 5.78. The monoisotopic (exact) mass is 257 g/mol. The number of nitrogens with one attached hydrogen (secondary N) is 1. The van der Waals surface area contributed by atoms with Crippen molar-refractivity contribution >= 4 is 23.5 Å². The van der Waals surface area contributed by atoms with E-state index in [-0.39, 0.29) is 0 Å². The summed E-state index contributed by atoms with van der Waals surface area (Å²) in [4.78, 5) is 4.19. The summed E-state index contributed by atoms with van der Waals surface area (Å²) < 4.78 is 2.20. The third-order valence-corrected chi connectivity index (χ3v) is 5.24. The van der Waals surface area contributed by atoms with Crippen LogP contribution in [0.1, 0.15) is 12.6 Å². The largest absolute Gasteiger partial charge is 0.334 e. The lowest BCUT2D eigenvalue weighted by Gasteiger charge is -2.15. The van der Waals surface area contributed by atoms with E-state index in [1.807, 2.05) is 12.5 Å². The maximum absolute atomic E-state index is 4.19. The standard InChI is InChI=1S/C11H19N3S2/c1-2-14-9-12-5-11(14)6-13-10-7-15-3-4-16-8-10/h5,9-10,13H,2-4,6-8H2,1H3. The molecule has 1 N–H and O–H groups in total. The highest BCUT2D eigenvalue weighted by molar-refractivity contribution is 8.03. The average molecular weight is 257 g/mol. The minimum atomic E-state index is 0.651. The normalized spacial score (nSPS) is 18.6. The van der Waals surface area contributed by atoms with Gasteiger partial charge in [0.15, 0.2) is 0 Å². The minimum Gasteiger partial charge on any atom is -0.334 e. The van der Waals surface area contributed by atoms with Crippen molar-refractivity contribution < 1.29 is 0 Å². The van der Waals surface area contributed by atoms with Crippen LogP contribution >= 0.6 is 23.5 Å². The van der Waals surface area contributed by atoms with Gasteiger partial charge in [-0.3, -0.25) is 0 Å². The summed E-state index contributed by atoms with van der Waals surface area (Å²) in [5, 5.41) is 3.64. The molecule has 1 aromatic heterocycles. The summed E-state index contributed by atoms with van der Waals surface area (Å²) in [5.41, 5.74) is 1.29. The lowest BCUT2D eigenvalue weighted by Crippen LogP contribution is -2.33. The van der Waals surface area contributed by atoms with Crippen LogP contribution in [0, 0.1) is 0 Å². The molecular formula is C11H19N3S2. The average Bonchev–Trinajstić information content (AvgIpc) is 2.60. The molecule has 0 saturated carbocycles.